The van der Waals surface area contributed by atoms with Crippen LogP contribution in [0.3, 0.4) is 0 Å². The second-order valence-electron chi connectivity index (χ2n) is 8.73. The molecule has 0 unspecified atom stereocenters. The van der Waals surface area contributed by atoms with Gasteiger partial charge < -0.3 is 10.2 Å². The van der Waals surface area contributed by atoms with Gasteiger partial charge in [-0.3, -0.25) is 19.1 Å². The van der Waals surface area contributed by atoms with E-state index in [9.17, 15) is 14.4 Å². The number of rotatable bonds is 5. The van der Waals surface area contributed by atoms with Gasteiger partial charge in [-0.1, -0.05) is 42.3 Å². The molecule has 1 aliphatic heterocycles. The zero-order chi connectivity index (χ0) is 23.1. The highest BCUT2D eigenvalue weighted by atomic mass is 35.5. The van der Waals surface area contributed by atoms with Crippen molar-refractivity contribution >= 4 is 45.9 Å². The third-order valence-electron chi connectivity index (χ3n) is 6.67. The molecule has 1 saturated heterocycles. The standard InChI is InChI=1S/C24H24ClN5O3/c1-14(31)23-16-7-2-3-8-18(16)29(28-23)13-22(32)30-17-9-4-6-15(17)12-19(30)24(33)27-21-11-5-10-20(25)26-21/h2-3,5,7-8,10-11,15,17,19H,4,6,9,12-13H2,1H3,(H,26,27,33)/t15-,17-,19-/m0/s1. The van der Waals surface area contributed by atoms with Crippen molar-refractivity contribution in [3.63, 3.8) is 0 Å². The van der Waals surface area contributed by atoms with Crippen molar-refractivity contribution < 1.29 is 14.4 Å². The number of nitrogens with one attached hydrogen (secondary N) is 1. The van der Waals surface area contributed by atoms with Crippen LogP contribution in [0.1, 0.15) is 43.1 Å². The first-order valence-electron chi connectivity index (χ1n) is 11.1. The molecular weight excluding hydrogens is 442 g/mol. The number of nitrogens with zero attached hydrogens (tertiary/aromatic N) is 4. The molecule has 2 fully saturated rings. The summed E-state index contributed by atoms with van der Waals surface area (Å²) in [6.45, 7) is 1.44. The lowest BCUT2D eigenvalue weighted by Crippen LogP contribution is -2.48. The van der Waals surface area contributed by atoms with Crippen molar-refractivity contribution in [1.82, 2.24) is 19.7 Å². The third kappa shape index (κ3) is 3.99. The summed E-state index contributed by atoms with van der Waals surface area (Å²) in [6.07, 6.45) is 3.56. The van der Waals surface area contributed by atoms with Gasteiger partial charge in [-0.05, 0) is 43.4 Å². The van der Waals surface area contributed by atoms with Gasteiger partial charge in [0.15, 0.2) is 5.78 Å². The number of hydrogen-bond acceptors (Lipinski definition) is 5. The Hall–Kier alpha value is -3.26. The van der Waals surface area contributed by atoms with E-state index in [1.807, 2.05) is 24.3 Å². The Labute approximate surface area is 195 Å². The lowest BCUT2D eigenvalue weighted by molar-refractivity contribution is -0.139. The lowest BCUT2D eigenvalue weighted by atomic mass is 10.0. The highest BCUT2D eigenvalue weighted by Gasteiger charge is 2.48. The summed E-state index contributed by atoms with van der Waals surface area (Å²) in [5.74, 6) is 0.0789. The van der Waals surface area contributed by atoms with E-state index in [2.05, 4.69) is 15.4 Å². The number of pyridine rings is 1. The van der Waals surface area contributed by atoms with E-state index in [0.717, 1.165) is 30.2 Å². The molecule has 2 aromatic heterocycles. The maximum absolute atomic E-state index is 13.6. The number of aromatic nitrogens is 3. The molecule has 5 rings (SSSR count). The summed E-state index contributed by atoms with van der Waals surface area (Å²) in [5.41, 5.74) is 1.07. The lowest BCUT2D eigenvalue weighted by Gasteiger charge is -2.29. The number of benzene rings is 1. The quantitative estimate of drug-likeness (QED) is 0.457. The largest absolute Gasteiger partial charge is 0.326 e. The first-order chi connectivity index (χ1) is 15.9. The van der Waals surface area contributed by atoms with Crippen LogP contribution < -0.4 is 5.32 Å². The molecule has 0 spiro atoms. The predicted octanol–water partition coefficient (Wildman–Crippen LogP) is 3.70. The van der Waals surface area contributed by atoms with Gasteiger partial charge in [-0.15, -0.1) is 0 Å². The zero-order valence-electron chi connectivity index (χ0n) is 18.2. The summed E-state index contributed by atoms with van der Waals surface area (Å²) in [5, 5.41) is 8.25. The average molecular weight is 466 g/mol. The summed E-state index contributed by atoms with van der Waals surface area (Å²) in [6, 6.07) is 11.9. The SMILES string of the molecule is CC(=O)c1nn(CC(=O)N2[C@H](C(=O)Nc3cccc(Cl)n3)C[C@@H]3CCC[C@@H]32)c2ccccc12. The van der Waals surface area contributed by atoms with Gasteiger partial charge in [-0.25, -0.2) is 4.98 Å². The molecule has 3 heterocycles. The normalized spacial score (nSPS) is 21.9. The number of amides is 2. The molecular formula is C24H24ClN5O3. The van der Waals surface area contributed by atoms with Gasteiger partial charge in [0.25, 0.3) is 0 Å². The van der Waals surface area contributed by atoms with E-state index in [1.165, 1.54) is 6.92 Å². The van der Waals surface area contributed by atoms with Crippen LogP contribution in [0, 0.1) is 5.92 Å². The second-order valence-corrected chi connectivity index (χ2v) is 9.11. The Morgan fingerprint density at radius 2 is 1.94 bits per heavy atom. The van der Waals surface area contributed by atoms with Crippen molar-refractivity contribution in [1.29, 1.82) is 0 Å². The van der Waals surface area contributed by atoms with E-state index in [-0.39, 0.29) is 35.3 Å². The molecule has 2 amide bonds. The van der Waals surface area contributed by atoms with Crippen LogP contribution in [-0.2, 0) is 16.1 Å². The van der Waals surface area contributed by atoms with E-state index >= 15 is 0 Å². The molecule has 3 atom stereocenters. The van der Waals surface area contributed by atoms with E-state index in [4.69, 9.17) is 11.6 Å². The molecule has 1 saturated carbocycles. The number of hydrogen-bond donors (Lipinski definition) is 1. The molecule has 8 nitrogen and oxygen atoms in total. The number of carbonyl (C=O) groups is 3. The number of carbonyl (C=O) groups excluding carboxylic acids is 3. The molecule has 170 valence electrons. The van der Waals surface area contributed by atoms with Crippen LogP contribution in [0.4, 0.5) is 5.82 Å². The Balaban J connectivity index is 1.42. The molecule has 0 radical (unpaired) electrons. The monoisotopic (exact) mass is 465 g/mol. The number of halogens is 1. The van der Waals surface area contributed by atoms with E-state index in [0.29, 0.717) is 23.9 Å². The second kappa shape index (κ2) is 8.59. The van der Waals surface area contributed by atoms with Crippen LogP contribution in [0.25, 0.3) is 10.9 Å². The summed E-state index contributed by atoms with van der Waals surface area (Å²) < 4.78 is 1.57. The van der Waals surface area contributed by atoms with Crippen LogP contribution in [0.15, 0.2) is 42.5 Å². The number of ketones is 1. The average Bonchev–Trinajstić information content (AvgIpc) is 3.47. The Bertz CT molecular complexity index is 1260. The Kier molecular flexibility index (Phi) is 5.62. The Morgan fingerprint density at radius 3 is 2.73 bits per heavy atom. The van der Waals surface area contributed by atoms with Crippen molar-refractivity contribution in [3.05, 3.63) is 53.3 Å². The van der Waals surface area contributed by atoms with Crippen LogP contribution >= 0.6 is 11.6 Å². The summed E-state index contributed by atoms with van der Waals surface area (Å²) in [4.78, 5) is 44.7. The summed E-state index contributed by atoms with van der Waals surface area (Å²) in [7, 11) is 0. The minimum Gasteiger partial charge on any atom is -0.326 e. The van der Waals surface area contributed by atoms with Crippen LogP contribution in [-0.4, -0.2) is 49.3 Å². The van der Waals surface area contributed by atoms with Crippen molar-refractivity contribution in [2.45, 2.75) is 51.2 Å². The van der Waals surface area contributed by atoms with Crippen molar-refractivity contribution in [2.24, 2.45) is 5.92 Å². The molecule has 33 heavy (non-hydrogen) atoms. The number of fused-ring (bicyclic) bond motifs is 2. The number of anilines is 1. The summed E-state index contributed by atoms with van der Waals surface area (Å²) >= 11 is 5.95. The smallest absolute Gasteiger partial charge is 0.248 e. The van der Waals surface area contributed by atoms with Crippen molar-refractivity contribution in [3.8, 4) is 0 Å². The maximum atomic E-state index is 13.6. The Morgan fingerprint density at radius 1 is 1.12 bits per heavy atom. The minimum atomic E-state index is -0.581. The number of Topliss-reactive ketones (excluding diaryl/α,β-unsaturated/α-hetero) is 1. The molecule has 0 bridgehead atoms. The predicted molar refractivity (Wildman–Crippen MR) is 124 cm³/mol. The highest BCUT2D eigenvalue weighted by Crippen LogP contribution is 2.41. The fourth-order valence-electron chi connectivity index (χ4n) is 5.29. The number of likely N-dealkylation sites (tertiary alicyclic amines) is 1. The molecule has 9 heteroatoms. The van der Waals surface area contributed by atoms with Gasteiger partial charge >= 0.3 is 0 Å². The molecule has 1 aromatic carbocycles. The molecule has 1 aliphatic carbocycles. The van der Waals surface area contributed by atoms with Crippen molar-refractivity contribution in [2.75, 3.05) is 5.32 Å². The number of para-hydroxylation sites is 1. The minimum absolute atomic E-state index is 0.0315. The maximum Gasteiger partial charge on any atom is 0.248 e. The first-order valence-corrected chi connectivity index (χ1v) is 11.5. The van der Waals surface area contributed by atoms with Gasteiger partial charge in [0.1, 0.15) is 29.3 Å². The first kappa shape index (κ1) is 21.6. The van der Waals surface area contributed by atoms with Gasteiger partial charge in [0.05, 0.1) is 5.52 Å². The fraction of sp³-hybridized carbons (Fsp3) is 0.375. The molecule has 3 aromatic rings. The van der Waals surface area contributed by atoms with Gasteiger partial charge in [-0.2, -0.15) is 5.10 Å². The van der Waals surface area contributed by atoms with Gasteiger partial charge in [0.2, 0.25) is 11.8 Å². The third-order valence-corrected chi connectivity index (χ3v) is 6.88. The van der Waals surface area contributed by atoms with E-state index in [1.54, 1.807) is 27.8 Å². The highest BCUT2D eigenvalue weighted by molar-refractivity contribution is 6.29. The van der Waals surface area contributed by atoms with Crippen LogP contribution in [0.5, 0.6) is 0 Å². The van der Waals surface area contributed by atoms with Crippen LogP contribution in [0.2, 0.25) is 5.15 Å². The topological polar surface area (TPSA) is 97.2 Å². The van der Waals surface area contributed by atoms with Gasteiger partial charge in [0, 0.05) is 18.4 Å². The molecule has 2 aliphatic rings. The zero-order valence-corrected chi connectivity index (χ0v) is 19.0. The molecule has 1 N–H and O–H groups in total. The fourth-order valence-corrected chi connectivity index (χ4v) is 5.45. The van der Waals surface area contributed by atoms with E-state index < -0.39 is 6.04 Å².